The summed E-state index contributed by atoms with van der Waals surface area (Å²) in [5.74, 6) is 5.55. The Hall–Kier alpha value is -1.22. The number of nitrogens with one attached hydrogen (secondary N) is 1. The van der Waals surface area contributed by atoms with E-state index >= 15 is 0 Å². The van der Waals surface area contributed by atoms with Crippen LogP contribution in [0.2, 0.25) is 0 Å². The Labute approximate surface area is 113 Å². The minimum atomic E-state index is -3.67. The summed E-state index contributed by atoms with van der Waals surface area (Å²) in [4.78, 5) is 3.94. The molecule has 0 radical (unpaired) electrons. The van der Waals surface area contributed by atoms with Gasteiger partial charge >= 0.3 is 0 Å². The fraction of sp³-hybridized carbons (Fsp3) is 0.545. The van der Waals surface area contributed by atoms with Gasteiger partial charge in [-0.2, -0.15) is 4.31 Å². The molecule has 0 fully saturated rings. The lowest BCUT2D eigenvalue weighted by Gasteiger charge is -2.27. The van der Waals surface area contributed by atoms with Gasteiger partial charge in [0.1, 0.15) is 10.7 Å². The van der Waals surface area contributed by atoms with E-state index in [4.69, 9.17) is 5.84 Å². The van der Waals surface area contributed by atoms with Crippen LogP contribution >= 0.6 is 0 Å². The highest BCUT2D eigenvalue weighted by Gasteiger charge is 2.28. The van der Waals surface area contributed by atoms with Crippen molar-refractivity contribution in [1.29, 1.82) is 0 Å². The van der Waals surface area contributed by atoms with Gasteiger partial charge in [-0.3, -0.25) is 0 Å². The smallest absolute Gasteiger partial charge is 0.244 e. The molecule has 0 amide bonds. The Kier molecular flexibility index (Phi) is 4.86. The van der Waals surface area contributed by atoms with Crippen molar-refractivity contribution in [1.82, 2.24) is 9.29 Å². The molecule has 0 saturated heterocycles. The molecule has 108 valence electrons. The van der Waals surface area contributed by atoms with Crippen LogP contribution in [0, 0.1) is 0 Å². The number of sulfonamides is 1. The van der Waals surface area contributed by atoms with E-state index in [9.17, 15) is 13.5 Å². The second-order valence-electron chi connectivity index (χ2n) is 4.77. The first-order chi connectivity index (χ1) is 8.70. The van der Waals surface area contributed by atoms with Crippen molar-refractivity contribution in [2.75, 3.05) is 18.5 Å². The number of likely N-dealkylation sites (N-methyl/N-ethyl adjacent to an activating group) is 1. The largest absolute Gasteiger partial charge is 0.389 e. The van der Waals surface area contributed by atoms with Crippen molar-refractivity contribution < 1.29 is 13.5 Å². The Morgan fingerprint density at radius 3 is 2.47 bits per heavy atom. The maximum atomic E-state index is 12.4. The lowest BCUT2D eigenvalue weighted by Crippen LogP contribution is -2.42. The minimum Gasteiger partial charge on any atom is -0.389 e. The van der Waals surface area contributed by atoms with Crippen LogP contribution in [0.1, 0.15) is 20.8 Å². The van der Waals surface area contributed by atoms with Crippen molar-refractivity contribution >= 4 is 15.8 Å². The molecule has 0 spiro atoms. The third kappa shape index (κ3) is 4.13. The third-order valence-corrected chi connectivity index (χ3v) is 4.34. The first-order valence-corrected chi connectivity index (χ1v) is 7.30. The van der Waals surface area contributed by atoms with E-state index in [0.29, 0.717) is 5.82 Å². The van der Waals surface area contributed by atoms with E-state index in [1.807, 2.05) is 0 Å². The molecule has 0 aromatic carbocycles. The quantitative estimate of drug-likeness (QED) is 0.508. The molecule has 0 aliphatic heterocycles. The molecule has 8 heteroatoms. The molecule has 7 nitrogen and oxygen atoms in total. The number of hydrogen-bond acceptors (Lipinski definition) is 6. The SMILES string of the molecule is CCN(CC(C)(C)O)S(=O)(=O)c1ccc(NN)nc1. The van der Waals surface area contributed by atoms with Gasteiger partial charge in [0.25, 0.3) is 0 Å². The number of aliphatic hydroxyl groups is 1. The highest BCUT2D eigenvalue weighted by atomic mass is 32.2. The summed E-state index contributed by atoms with van der Waals surface area (Å²) in [6, 6.07) is 2.90. The number of hydrogen-bond donors (Lipinski definition) is 3. The highest BCUT2D eigenvalue weighted by Crippen LogP contribution is 2.18. The summed E-state index contributed by atoms with van der Waals surface area (Å²) in [5.41, 5.74) is 1.23. The predicted octanol–water partition coefficient (Wildman–Crippen LogP) is 0.149. The lowest BCUT2D eigenvalue weighted by molar-refractivity contribution is 0.0601. The van der Waals surface area contributed by atoms with E-state index in [2.05, 4.69) is 10.4 Å². The zero-order valence-corrected chi connectivity index (χ0v) is 12.1. The van der Waals surface area contributed by atoms with Gasteiger partial charge in [0.05, 0.1) is 5.60 Å². The molecular weight excluding hydrogens is 268 g/mol. The van der Waals surface area contributed by atoms with Crippen LogP contribution in [0.5, 0.6) is 0 Å². The van der Waals surface area contributed by atoms with E-state index in [-0.39, 0.29) is 18.0 Å². The average Bonchev–Trinajstić information content (AvgIpc) is 2.34. The molecule has 0 aliphatic rings. The third-order valence-electron chi connectivity index (χ3n) is 2.44. The second kappa shape index (κ2) is 5.83. The summed E-state index contributed by atoms with van der Waals surface area (Å²) in [5, 5.41) is 9.76. The summed E-state index contributed by atoms with van der Waals surface area (Å²) in [6.07, 6.45) is 1.23. The van der Waals surface area contributed by atoms with Crippen LogP contribution in [0.3, 0.4) is 0 Å². The zero-order chi connectivity index (χ0) is 14.7. The van der Waals surface area contributed by atoms with Gasteiger partial charge in [-0.15, -0.1) is 0 Å². The number of nitrogens with two attached hydrogens (primary N) is 1. The first kappa shape index (κ1) is 15.8. The van der Waals surface area contributed by atoms with Crippen molar-refractivity contribution in [3.8, 4) is 0 Å². The molecule has 0 aliphatic carbocycles. The number of aromatic nitrogens is 1. The standard InChI is InChI=1S/C11H20N4O3S/c1-4-15(8-11(2,3)16)19(17,18)9-5-6-10(14-12)13-7-9/h5-7,16H,4,8,12H2,1-3H3,(H,13,14). The first-order valence-electron chi connectivity index (χ1n) is 5.86. The van der Waals surface area contributed by atoms with E-state index in [0.717, 1.165) is 0 Å². The van der Waals surface area contributed by atoms with Crippen LogP contribution in [-0.2, 0) is 10.0 Å². The topological polar surface area (TPSA) is 109 Å². The molecule has 4 N–H and O–H groups in total. The van der Waals surface area contributed by atoms with Crippen molar-refractivity contribution in [2.24, 2.45) is 5.84 Å². The molecule has 0 unspecified atom stereocenters. The van der Waals surface area contributed by atoms with Gasteiger partial charge < -0.3 is 10.5 Å². The van der Waals surface area contributed by atoms with Gasteiger partial charge in [0.15, 0.2) is 0 Å². The van der Waals surface area contributed by atoms with Crippen LogP contribution in [0.25, 0.3) is 0 Å². The number of anilines is 1. The van der Waals surface area contributed by atoms with Crippen LogP contribution in [0.4, 0.5) is 5.82 Å². The molecular formula is C11H20N4O3S. The number of hydrazine groups is 1. The second-order valence-corrected chi connectivity index (χ2v) is 6.71. The molecule has 0 bridgehead atoms. The van der Waals surface area contributed by atoms with Gasteiger partial charge in [-0.05, 0) is 26.0 Å². The monoisotopic (exact) mass is 288 g/mol. The maximum absolute atomic E-state index is 12.4. The van der Waals surface area contributed by atoms with Gasteiger partial charge in [0.2, 0.25) is 10.0 Å². The van der Waals surface area contributed by atoms with Gasteiger partial charge in [-0.1, -0.05) is 6.92 Å². The number of nitrogens with zero attached hydrogens (tertiary/aromatic N) is 2. The van der Waals surface area contributed by atoms with Gasteiger partial charge in [-0.25, -0.2) is 19.2 Å². The molecule has 1 heterocycles. The number of rotatable bonds is 6. The summed E-state index contributed by atoms with van der Waals surface area (Å²) in [7, 11) is -3.67. The minimum absolute atomic E-state index is 0.0166. The Bertz CT molecular complexity index is 508. The fourth-order valence-electron chi connectivity index (χ4n) is 1.57. The summed E-state index contributed by atoms with van der Waals surface area (Å²) >= 11 is 0. The Morgan fingerprint density at radius 2 is 2.11 bits per heavy atom. The molecule has 1 aromatic heterocycles. The zero-order valence-electron chi connectivity index (χ0n) is 11.3. The molecule has 0 saturated carbocycles. The predicted molar refractivity (Wildman–Crippen MR) is 72.8 cm³/mol. The normalized spacial score (nSPS) is 12.7. The summed E-state index contributed by atoms with van der Waals surface area (Å²) in [6.45, 7) is 5.12. The molecule has 1 rings (SSSR count). The van der Waals surface area contributed by atoms with E-state index < -0.39 is 15.6 Å². The number of pyridine rings is 1. The van der Waals surface area contributed by atoms with E-state index in [1.165, 1.54) is 22.6 Å². The van der Waals surface area contributed by atoms with Crippen molar-refractivity contribution in [2.45, 2.75) is 31.3 Å². The average molecular weight is 288 g/mol. The highest BCUT2D eigenvalue weighted by molar-refractivity contribution is 7.89. The van der Waals surface area contributed by atoms with E-state index in [1.54, 1.807) is 20.8 Å². The molecule has 0 atom stereocenters. The number of nitrogen functional groups attached to an aromatic ring is 1. The molecule has 1 aromatic rings. The molecule has 19 heavy (non-hydrogen) atoms. The lowest BCUT2D eigenvalue weighted by atomic mass is 10.1. The van der Waals surface area contributed by atoms with Crippen molar-refractivity contribution in [3.05, 3.63) is 18.3 Å². The van der Waals surface area contributed by atoms with Crippen LogP contribution < -0.4 is 11.3 Å². The van der Waals surface area contributed by atoms with Crippen LogP contribution in [0.15, 0.2) is 23.2 Å². The Morgan fingerprint density at radius 1 is 1.47 bits per heavy atom. The summed E-state index contributed by atoms with van der Waals surface area (Å²) < 4.78 is 25.9. The van der Waals surface area contributed by atoms with Crippen molar-refractivity contribution in [3.63, 3.8) is 0 Å². The maximum Gasteiger partial charge on any atom is 0.244 e. The van der Waals surface area contributed by atoms with Crippen LogP contribution in [-0.4, -0.2) is 41.5 Å². The fourth-order valence-corrected chi connectivity index (χ4v) is 3.12. The Balaban J connectivity index is 3.06. The van der Waals surface area contributed by atoms with Gasteiger partial charge in [0, 0.05) is 19.3 Å².